The lowest BCUT2D eigenvalue weighted by Gasteiger charge is -2.13. The fourth-order valence-electron chi connectivity index (χ4n) is 2.35. The second kappa shape index (κ2) is 5.81. The summed E-state index contributed by atoms with van der Waals surface area (Å²) in [5.41, 5.74) is 1.96. The summed E-state index contributed by atoms with van der Waals surface area (Å²) < 4.78 is 5.95. The largest absolute Gasteiger partial charge is 0.350 e. The van der Waals surface area contributed by atoms with Crippen LogP contribution in [0.1, 0.15) is 23.5 Å². The summed E-state index contributed by atoms with van der Waals surface area (Å²) in [7, 11) is 0. The van der Waals surface area contributed by atoms with Crippen LogP contribution in [-0.4, -0.2) is 11.5 Å². The molecule has 2 unspecified atom stereocenters. The fourth-order valence-corrected chi connectivity index (χ4v) is 2.55. The number of halogens is 1. The first-order valence-corrected chi connectivity index (χ1v) is 6.90. The lowest BCUT2D eigenvalue weighted by atomic mass is 10.1. The van der Waals surface area contributed by atoms with Crippen molar-refractivity contribution >= 4 is 17.3 Å². The van der Waals surface area contributed by atoms with Crippen LogP contribution in [-0.2, 0) is 4.74 Å². The number of non-ortho nitro benzene ring substituents is 1. The summed E-state index contributed by atoms with van der Waals surface area (Å²) >= 11 is 5.98. The lowest BCUT2D eigenvalue weighted by molar-refractivity contribution is -0.384. The summed E-state index contributed by atoms with van der Waals surface area (Å²) in [4.78, 5) is 10.2. The first kappa shape index (κ1) is 14.0. The second-order valence-corrected chi connectivity index (χ2v) is 5.25. The number of hydrogen-bond donors (Lipinski definition) is 1. The second-order valence-electron chi connectivity index (χ2n) is 4.82. The zero-order chi connectivity index (χ0) is 14.8. The van der Waals surface area contributed by atoms with E-state index in [-0.39, 0.29) is 18.0 Å². The zero-order valence-corrected chi connectivity index (χ0v) is 11.8. The minimum Gasteiger partial charge on any atom is -0.350 e. The van der Waals surface area contributed by atoms with E-state index >= 15 is 0 Å². The van der Waals surface area contributed by atoms with Gasteiger partial charge in [0.15, 0.2) is 0 Å². The quantitative estimate of drug-likeness (QED) is 0.695. The Kier molecular flexibility index (Phi) is 3.88. The Labute approximate surface area is 126 Å². The number of nitro groups is 1. The molecule has 1 aliphatic heterocycles. The molecule has 5 nitrogen and oxygen atoms in total. The van der Waals surface area contributed by atoms with Gasteiger partial charge in [-0.3, -0.25) is 15.4 Å². The molecule has 21 heavy (non-hydrogen) atoms. The first-order chi connectivity index (χ1) is 10.1. The summed E-state index contributed by atoms with van der Waals surface area (Å²) in [5.74, 6) is 0. The molecule has 2 aromatic rings. The van der Waals surface area contributed by atoms with Crippen LogP contribution in [0.2, 0.25) is 5.02 Å². The molecule has 2 atom stereocenters. The Morgan fingerprint density at radius 2 is 1.95 bits per heavy atom. The number of ether oxygens (including phenoxy) is 1. The summed E-state index contributed by atoms with van der Waals surface area (Å²) in [6.07, 6.45) is -0.348. The van der Waals surface area contributed by atoms with Crippen molar-refractivity contribution in [3.63, 3.8) is 0 Å². The molecule has 0 spiro atoms. The van der Waals surface area contributed by atoms with Crippen LogP contribution in [0.25, 0.3) is 0 Å². The van der Waals surface area contributed by atoms with Crippen molar-refractivity contribution in [2.45, 2.75) is 12.3 Å². The number of hydrogen-bond acceptors (Lipinski definition) is 4. The van der Waals surface area contributed by atoms with Crippen LogP contribution in [0.5, 0.6) is 0 Å². The van der Waals surface area contributed by atoms with E-state index in [9.17, 15) is 10.1 Å². The maximum atomic E-state index is 10.7. The molecule has 3 rings (SSSR count). The Morgan fingerprint density at radius 1 is 1.19 bits per heavy atom. The molecule has 0 radical (unpaired) electrons. The van der Waals surface area contributed by atoms with Gasteiger partial charge >= 0.3 is 0 Å². The number of nitrogens with zero attached hydrogens (tertiary/aromatic N) is 1. The minimum absolute atomic E-state index is 0.0797. The Morgan fingerprint density at radius 3 is 2.62 bits per heavy atom. The van der Waals surface area contributed by atoms with Crippen molar-refractivity contribution in [1.29, 1.82) is 0 Å². The molecule has 0 amide bonds. The Hall–Kier alpha value is -1.95. The van der Waals surface area contributed by atoms with Gasteiger partial charge in [-0.05, 0) is 35.4 Å². The van der Waals surface area contributed by atoms with Crippen molar-refractivity contribution in [1.82, 2.24) is 5.32 Å². The van der Waals surface area contributed by atoms with Crippen LogP contribution in [0, 0.1) is 10.1 Å². The van der Waals surface area contributed by atoms with Gasteiger partial charge < -0.3 is 4.74 Å². The summed E-state index contributed by atoms with van der Waals surface area (Å²) in [6, 6.07) is 13.9. The van der Waals surface area contributed by atoms with E-state index in [1.54, 1.807) is 12.1 Å². The van der Waals surface area contributed by atoms with E-state index in [2.05, 4.69) is 5.32 Å². The van der Waals surface area contributed by atoms with E-state index in [1.165, 1.54) is 12.1 Å². The van der Waals surface area contributed by atoms with Gasteiger partial charge in [0, 0.05) is 23.7 Å². The monoisotopic (exact) mass is 304 g/mol. The minimum atomic E-state index is -0.410. The van der Waals surface area contributed by atoms with Crippen molar-refractivity contribution in [2.75, 3.05) is 6.54 Å². The van der Waals surface area contributed by atoms with Gasteiger partial charge in [-0.15, -0.1) is 0 Å². The van der Waals surface area contributed by atoms with Gasteiger partial charge in [0.25, 0.3) is 5.69 Å². The van der Waals surface area contributed by atoms with E-state index in [1.807, 2.05) is 24.3 Å². The highest BCUT2D eigenvalue weighted by atomic mass is 35.5. The van der Waals surface area contributed by atoms with E-state index < -0.39 is 4.92 Å². The Balaban J connectivity index is 1.73. The van der Waals surface area contributed by atoms with Crippen LogP contribution in [0.15, 0.2) is 48.5 Å². The number of rotatable bonds is 3. The topological polar surface area (TPSA) is 64.4 Å². The first-order valence-electron chi connectivity index (χ1n) is 6.52. The van der Waals surface area contributed by atoms with Crippen molar-refractivity contribution in [3.05, 3.63) is 74.8 Å². The fraction of sp³-hybridized carbons (Fsp3) is 0.200. The molecular weight excluding hydrogens is 292 g/mol. The molecule has 0 bridgehead atoms. The SMILES string of the molecule is O=[N+]([O-])c1ccc(C2CNC(c3cccc(Cl)c3)O2)cc1. The summed E-state index contributed by atoms with van der Waals surface area (Å²) in [5, 5.41) is 14.6. The standard InChI is InChI=1S/C15H13ClN2O3/c16-12-3-1-2-11(8-12)15-17-9-14(21-15)10-4-6-13(7-5-10)18(19)20/h1-8,14-15,17H,9H2. The van der Waals surface area contributed by atoms with Crippen LogP contribution in [0.3, 0.4) is 0 Å². The average molecular weight is 305 g/mol. The van der Waals surface area contributed by atoms with Crippen LogP contribution in [0.4, 0.5) is 5.69 Å². The highest BCUT2D eigenvalue weighted by Crippen LogP contribution is 2.32. The summed E-state index contributed by atoms with van der Waals surface area (Å²) in [6.45, 7) is 0.648. The molecule has 6 heteroatoms. The molecular formula is C15H13ClN2O3. The molecule has 1 fully saturated rings. The molecule has 108 valence electrons. The highest BCUT2D eigenvalue weighted by molar-refractivity contribution is 6.30. The lowest BCUT2D eigenvalue weighted by Crippen LogP contribution is -2.13. The van der Waals surface area contributed by atoms with Crippen molar-refractivity contribution in [2.24, 2.45) is 0 Å². The molecule has 0 aromatic heterocycles. The van der Waals surface area contributed by atoms with Crippen LogP contribution < -0.4 is 5.32 Å². The number of nitro benzene ring substituents is 1. The third-order valence-electron chi connectivity index (χ3n) is 3.42. The Bertz CT molecular complexity index is 660. The maximum absolute atomic E-state index is 10.7. The molecule has 1 saturated heterocycles. The smallest absolute Gasteiger partial charge is 0.269 e. The van der Waals surface area contributed by atoms with Gasteiger partial charge in [-0.1, -0.05) is 23.7 Å². The molecule has 1 N–H and O–H groups in total. The highest BCUT2D eigenvalue weighted by Gasteiger charge is 2.27. The average Bonchev–Trinajstić information content (AvgIpc) is 2.97. The van der Waals surface area contributed by atoms with Crippen LogP contribution >= 0.6 is 11.6 Å². The zero-order valence-electron chi connectivity index (χ0n) is 11.0. The predicted molar refractivity (Wildman–Crippen MR) is 79.1 cm³/mol. The van der Waals surface area contributed by atoms with Gasteiger partial charge in [0.05, 0.1) is 11.0 Å². The van der Waals surface area contributed by atoms with E-state index in [0.717, 1.165) is 11.1 Å². The number of nitrogens with one attached hydrogen (secondary N) is 1. The molecule has 0 aliphatic carbocycles. The van der Waals surface area contributed by atoms with Gasteiger partial charge in [-0.25, -0.2) is 0 Å². The van der Waals surface area contributed by atoms with Gasteiger partial charge in [0.2, 0.25) is 0 Å². The molecule has 1 aliphatic rings. The normalized spacial score (nSPS) is 21.4. The predicted octanol–water partition coefficient (Wildman–Crippen LogP) is 3.61. The molecule has 2 aromatic carbocycles. The van der Waals surface area contributed by atoms with Crippen molar-refractivity contribution < 1.29 is 9.66 Å². The van der Waals surface area contributed by atoms with Gasteiger partial charge in [0.1, 0.15) is 6.23 Å². The van der Waals surface area contributed by atoms with Crippen molar-refractivity contribution in [3.8, 4) is 0 Å². The molecule has 1 heterocycles. The maximum Gasteiger partial charge on any atom is 0.269 e. The third kappa shape index (κ3) is 3.05. The number of benzene rings is 2. The third-order valence-corrected chi connectivity index (χ3v) is 3.65. The van der Waals surface area contributed by atoms with Gasteiger partial charge in [-0.2, -0.15) is 0 Å². The molecule has 0 saturated carbocycles. The van der Waals surface area contributed by atoms with E-state index in [0.29, 0.717) is 11.6 Å². The van der Waals surface area contributed by atoms with E-state index in [4.69, 9.17) is 16.3 Å².